The van der Waals surface area contributed by atoms with Crippen molar-refractivity contribution in [3.63, 3.8) is 0 Å². The second kappa shape index (κ2) is 9.15. The zero-order valence-corrected chi connectivity index (χ0v) is 22.3. The predicted molar refractivity (Wildman–Crippen MR) is 147 cm³/mol. The van der Waals surface area contributed by atoms with Gasteiger partial charge in [-0.05, 0) is 73.7 Å². The lowest BCUT2D eigenvalue weighted by Gasteiger charge is -2.14. The molecule has 0 aliphatic carbocycles. The van der Waals surface area contributed by atoms with E-state index in [0.717, 1.165) is 10.5 Å². The molecule has 4 aromatic rings. The Bertz CT molecular complexity index is 1830. The zero-order valence-electron chi connectivity index (χ0n) is 21.5. The van der Waals surface area contributed by atoms with Crippen molar-refractivity contribution in [2.75, 3.05) is 17.3 Å². The minimum Gasteiger partial charge on any atom is -0.369 e. The molecule has 2 N–H and O–H groups in total. The number of rotatable bonds is 5. The third kappa shape index (κ3) is 3.96. The first-order valence-electron chi connectivity index (χ1n) is 12.4. The zero-order chi connectivity index (χ0) is 28.3. The standard InChI is InChI=1S/C30H23N3O6S/c1-17-3-9-21(10-4-17)40(38,39)22-11-7-20(8-12-22)33-29(36)24-14-6-19(16-26(24)30(33)37)31-18-5-13-23-25(15-18)28(35)32(2)27(23)34/h3-16,27,31,34H,1-2H3. The lowest BCUT2D eigenvalue weighted by atomic mass is 10.1. The van der Waals surface area contributed by atoms with Gasteiger partial charge in [0.15, 0.2) is 6.23 Å². The number of fused-ring (bicyclic) bond motifs is 2. The summed E-state index contributed by atoms with van der Waals surface area (Å²) in [7, 11) is -2.24. The monoisotopic (exact) mass is 553 g/mol. The molecule has 0 aromatic heterocycles. The van der Waals surface area contributed by atoms with Crippen molar-refractivity contribution in [3.05, 3.63) is 113 Å². The first-order chi connectivity index (χ1) is 19.1. The summed E-state index contributed by atoms with van der Waals surface area (Å²) in [5.41, 5.74) is 3.61. The maximum atomic E-state index is 13.3. The Hall–Kier alpha value is -4.80. The number of imide groups is 1. The molecule has 0 saturated heterocycles. The minimum atomic E-state index is -3.76. The molecule has 6 rings (SSSR count). The van der Waals surface area contributed by atoms with Crippen LogP contribution in [-0.2, 0) is 9.84 Å². The van der Waals surface area contributed by atoms with Crippen LogP contribution in [0, 0.1) is 6.92 Å². The number of carbonyl (C=O) groups is 3. The van der Waals surface area contributed by atoms with Gasteiger partial charge in [-0.15, -0.1) is 0 Å². The van der Waals surface area contributed by atoms with Gasteiger partial charge in [0, 0.05) is 29.5 Å². The molecular weight excluding hydrogens is 530 g/mol. The Morgan fingerprint density at radius 2 is 1.25 bits per heavy atom. The molecule has 0 bridgehead atoms. The average Bonchev–Trinajstić information content (AvgIpc) is 3.32. The number of amides is 3. The fourth-order valence-corrected chi connectivity index (χ4v) is 6.16. The van der Waals surface area contributed by atoms with Gasteiger partial charge in [0.05, 0.1) is 26.6 Å². The largest absolute Gasteiger partial charge is 0.369 e. The first kappa shape index (κ1) is 25.5. The number of benzene rings is 4. The van der Waals surface area contributed by atoms with E-state index in [-0.39, 0.29) is 32.5 Å². The number of aliphatic hydroxyl groups is 1. The van der Waals surface area contributed by atoms with Gasteiger partial charge >= 0.3 is 0 Å². The van der Waals surface area contributed by atoms with Crippen molar-refractivity contribution in [1.29, 1.82) is 0 Å². The van der Waals surface area contributed by atoms with E-state index in [2.05, 4.69) is 5.32 Å². The van der Waals surface area contributed by atoms with Gasteiger partial charge < -0.3 is 15.3 Å². The highest BCUT2D eigenvalue weighted by Crippen LogP contribution is 2.35. The number of sulfone groups is 1. The van der Waals surface area contributed by atoms with E-state index >= 15 is 0 Å². The molecule has 0 spiro atoms. The summed E-state index contributed by atoms with van der Waals surface area (Å²) in [6.07, 6.45) is -0.997. The number of anilines is 3. The minimum absolute atomic E-state index is 0.0507. The Labute approximate surface area is 230 Å². The van der Waals surface area contributed by atoms with Crippen molar-refractivity contribution in [2.24, 2.45) is 0 Å². The van der Waals surface area contributed by atoms with E-state index in [1.54, 1.807) is 48.5 Å². The van der Waals surface area contributed by atoms with E-state index in [9.17, 15) is 27.9 Å². The quantitative estimate of drug-likeness (QED) is 0.350. The van der Waals surface area contributed by atoms with E-state index in [0.29, 0.717) is 22.5 Å². The summed E-state index contributed by atoms with van der Waals surface area (Å²) in [5, 5.41) is 13.3. The van der Waals surface area contributed by atoms with Crippen molar-refractivity contribution >= 4 is 44.6 Å². The first-order valence-corrected chi connectivity index (χ1v) is 13.9. The van der Waals surface area contributed by atoms with Crippen LogP contribution >= 0.6 is 0 Å². The molecule has 40 heavy (non-hydrogen) atoms. The summed E-state index contributed by atoms with van der Waals surface area (Å²) >= 11 is 0. The molecule has 3 amide bonds. The van der Waals surface area contributed by atoms with Gasteiger partial charge in [0.1, 0.15) is 0 Å². The number of carbonyl (C=O) groups excluding carboxylic acids is 3. The molecule has 1 unspecified atom stereocenters. The Morgan fingerprint density at radius 3 is 1.90 bits per heavy atom. The normalized spacial score (nSPS) is 16.4. The SMILES string of the molecule is Cc1ccc(S(=O)(=O)c2ccc(N3C(=O)c4ccc(Nc5ccc6c(c5)C(=O)N(C)C6O)cc4C3=O)cc2)cc1. The van der Waals surface area contributed by atoms with Crippen LogP contribution in [0.3, 0.4) is 0 Å². The van der Waals surface area contributed by atoms with Crippen molar-refractivity contribution in [3.8, 4) is 0 Å². The Balaban J connectivity index is 1.24. The van der Waals surface area contributed by atoms with Crippen LogP contribution in [0.4, 0.5) is 17.1 Å². The van der Waals surface area contributed by atoms with Crippen LogP contribution in [0.25, 0.3) is 0 Å². The molecule has 1 atom stereocenters. The summed E-state index contributed by atoms with van der Waals surface area (Å²) in [6, 6.07) is 21.9. The van der Waals surface area contributed by atoms with Gasteiger partial charge in [0.2, 0.25) is 9.84 Å². The number of aryl methyl sites for hydroxylation is 1. The van der Waals surface area contributed by atoms with Crippen molar-refractivity contribution in [1.82, 2.24) is 4.90 Å². The summed E-state index contributed by atoms with van der Waals surface area (Å²) in [4.78, 5) is 41.3. The van der Waals surface area contributed by atoms with E-state index in [4.69, 9.17) is 0 Å². The molecular formula is C30H23N3O6S. The molecule has 2 heterocycles. The lowest BCUT2D eigenvalue weighted by molar-refractivity contribution is 0.0301. The average molecular weight is 554 g/mol. The maximum absolute atomic E-state index is 13.3. The number of nitrogens with one attached hydrogen (secondary N) is 1. The van der Waals surface area contributed by atoms with Gasteiger partial charge in [-0.25, -0.2) is 13.3 Å². The van der Waals surface area contributed by atoms with Gasteiger partial charge in [-0.2, -0.15) is 0 Å². The maximum Gasteiger partial charge on any atom is 0.266 e. The molecule has 9 nitrogen and oxygen atoms in total. The molecule has 10 heteroatoms. The van der Waals surface area contributed by atoms with Crippen LogP contribution < -0.4 is 10.2 Å². The van der Waals surface area contributed by atoms with Gasteiger partial charge in [0.25, 0.3) is 17.7 Å². The number of aliphatic hydroxyl groups excluding tert-OH is 1. The van der Waals surface area contributed by atoms with Gasteiger partial charge in [-0.3, -0.25) is 14.4 Å². The third-order valence-electron chi connectivity index (χ3n) is 7.16. The summed E-state index contributed by atoms with van der Waals surface area (Å²) in [6.45, 7) is 1.87. The van der Waals surface area contributed by atoms with Crippen molar-refractivity contribution in [2.45, 2.75) is 22.9 Å². The smallest absolute Gasteiger partial charge is 0.266 e. The van der Waals surface area contributed by atoms with Crippen LogP contribution in [0.1, 0.15) is 48.4 Å². The molecule has 2 aliphatic rings. The van der Waals surface area contributed by atoms with Crippen molar-refractivity contribution < 1.29 is 27.9 Å². The number of hydrogen-bond acceptors (Lipinski definition) is 7. The molecule has 0 saturated carbocycles. The summed E-state index contributed by atoms with van der Waals surface area (Å²) in [5.74, 6) is -1.35. The molecule has 4 aromatic carbocycles. The summed E-state index contributed by atoms with van der Waals surface area (Å²) < 4.78 is 26.0. The molecule has 2 aliphatic heterocycles. The molecule has 0 radical (unpaired) electrons. The lowest BCUT2D eigenvalue weighted by Crippen LogP contribution is -2.29. The van der Waals surface area contributed by atoms with E-state index in [1.165, 1.54) is 48.3 Å². The highest BCUT2D eigenvalue weighted by Gasteiger charge is 2.37. The molecule has 200 valence electrons. The Morgan fingerprint density at radius 1 is 0.700 bits per heavy atom. The topological polar surface area (TPSA) is 124 Å². The highest BCUT2D eigenvalue weighted by molar-refractivity contribution is 7.91. The molecule has 0 fully saturated rings. The second-order valence-corrected chi connectivity index (χ2v) is 11.7. The van der Waals surface area contributed by atoms with E-state index < -0.39 is 27.9 Å². The van der Waals surface area contributed by atoms with E-state index in [1.807, 2.05) is 6.92 Å². The third-order valence-corrected chi connectivity index (χ3v) is 8.95. The second-order valence-electron chi connectivity index (χ2n) is 9.73. The highest BCUT2D eigenvalue weighted by atomic mass is 32.2. The number of hydrogen-bond donors (Lipinski definition) is 2. The predicted octanol–water partition coefficient (Wildman–Crippen LogP) is 4.45. The van der Waals surface area contributed by atoms with Crippen LogP contribution in [0.5, 0.6) is 0 Å². The Kier molecular flexibility index (Phi) is 5.83. The van der Waals surface area contributed by atoms with Gasteiger partial charge in [-0.1, -0.05) is 23.8 Å². The van der Waals surface area contributed by atoms with Crippen LogP contribution in [0.15, 0.2) is 94.7 Å². The number of nitrogens with zero attached hydrogens (tertiary/aromatic N) is 2. The van der Waals surface area contributed by atoms with Crippen LogP contribution in [0.2, 0.25) is 0 Å². The fourth-order valence-electron chi connectivity index (χ4n) is 4.90. The van der Waals surface area contributed by atoms with Crippen LogP contribution in [-0.4, -0.2) is 43.2 Å². The fraction of sp³-hybridized carbons (Fsp3) is 0.100.